The van der Waals surface area contributed by atoms with E-state index in [1.165, 1.54) is 5.56 Å². The number of halogens is 1. The second-order valence-electron chi connectivity index (χ2n) is 3.06. The monoisotopic (exact) mass is 167 g/mol. The van der Waals surface area contributed by atoms with Crippen LogP contribution in [0, 0.1) is 0 Å². The highest BCUT2D eigenvalue weighted by atomic mass is 35.5. The van der Waals surface area contributed by atoms with Gasteiger partial charge in [0.05, 0.1) is 0 Å². The van der Waals surface area contributed by atoms with Crippen LogP contribution in [-0.2, 0) is 0 Å². The standard InChI is InChI=1S/C9H10ClN/c10-7-3-1-2-6(4-7)8-5-9(8)11/h1-4,8-9H,5,11H2/t8-,9+/m0/s1. The highest BCUT2D eigenvalue weighted by Gasteiger charge is 2.34. The summed E-state index contributed by atoms with van der Waals surface area (Å²) in [5.74, 6) is 0.564. The third kappa shape index (κ3) is 1.39. The third-order valence-corrected chi connectivity index (χ3v) is 2.35. The van der Waals surface area contributed by atoms with E-state index >= 15 is 0 Å². The van der Waals surface area contributed by atoms with Crippen LogP contribution in [0.2, 0.25) is 5.02 Å². The Morgan fingerprint density at radius 2 is 2.18 bits per heavy atom. The van der Waals surface area contributed by atoms with Gasteiger partial charge in [0.1, 0.15) is 0 Å². The molecule has 2 rings (SSSR count). The van der Waals surface area contributed by atoms with Gasteiger partial charge in [0.2, 0.25) is 0 Å². The summed E-state index contributed by atoms with van der Waals surface area (Å²) in [6.07, 6.45) is 1.11. The Morgan fingerprint density at radius 3 is 2.73 bits per heavy atom. The maximum Gasteiger partial charge on any atom is 0.0408 e. The molecule has 11 heavy (non-hydrogen) atoms. The molecule has 0 amide bonds. The molecule has 2 atom stereocenters. The van der Waals surface area contributed by atoms with Crippen molar-refractivity contribution in [3.05, 3.63) is 34.9 Å². The zero-order chi connectivity index (χ0) is 7.84. The molecule has 1 aromatic rings. The van der Waals surface area contributed by atoms with Crippen molar-refractivity contribution in [1.82, 2.24) is 0 Å². The molecule has 0 aromatic heterocycles. The van der Waals surface area contributed by atoms with E-state index in [2.05, 4.69) is 6.07 Å². The summed E-state index contributed by atoms with van der Waals surface area (Å²) in [7, 11) is 0. The van der Waals surface area contributed by atoms with Gasteiger partial charge >= 0.3 is 0 Å². The van der Waals surface area contributed by atoms with Gasteiger partial charge in [-0.25, -0.2) is 0 Å². The maximum atomic E-state index is 5.82. The van der Waals surface area contributed by atoms with Gasteiger partial charge in [0.25, 0.3) is 0 Å². The summed E-state index contributed by atoms with van der Waals surface area (Å²) in [4.78, 5) is 0. The van der Waals surface area contributed by atoms with E-state index in [1.54, 1.807) is 0 Å². The van der Waals surface area contributed by atoms with Crippen LogP contribution in [0.5, 0.6) is 0 Å². The first-order valence-corrected chi connectivity index (χ1v) is 4.16. The minimum atomic E-state index is 0.369. The van der Waals surface area contributed by atoms with Crippen LogP contribution in [0.15, 0.2) is 24.3 Å². The molecule has 0 saturated heterocycles. The highest BCUT2D eigenvalue weighted by molar-refractivity contribution is 6.30. The summed E-state index contributed by atoms with van der Waals surface area (Å²) in [6, 6.07) is 8.32. The number of hydrogen-bond acceptors (Lipinski definition) is 1. The lowest BCUT2D eigenvalue weighted by molar-refractivity contribution is 0.991. The van der Waals surface area contributed by atoms with Gasteiger partial charge in [-0.15, -0.1) is 0 Å². The zero-order valence-electron chi connectivity index (χ0n) is 6.13. The summed E-state index contributed by atoms with van der Waals surface area (Å²) >= 11 is 5.82. The molecule has 1 aliphatic carbocycles. The molecule has 0 aliphatic heterocycles. The third-order valence-electron chi connectivity index (χ3n) is 2.12. The van der Waals surface area contributed by atoms with Crippen molar-refractivity contribution in [2.75, 3.05) is 0 Å². The van der Waals surface area contributed by atoms with E-state index in [0.717, 1.165) is 11.4 Å². The SMILES string of the molecule is N[C@@H]1C[C@H]1c1cccc(Cl)c1. The quantitative estimate of drug-likeness (QED) is 0.682. The van der Waals surface area contributed by atoms with Crippen LogP contribution >= 0.6 is 11.6 Å². The summed E-state index contributed by atoms with van der Waals surface area (Å²) < 4.78 is 0. The summed E-state index contributed by atoms with van der Waals surface area (Å²) in [5.41, 5.74) is 6.99. The molecule has 0 unspecified atom stereocenters. The fraction of sp³-hybridized carbons (Fsp3) is 0.333. The average Bonchev–Trinajstić information content (AvgIpc) is 2.67. The number of benzene rings is 1. The minimum absolute atomic E-state index is 0.369. The van der Waals surface area contributed by atoms with Crippen LogP contribution in [0.25, 0.3) is 0 Å². The lowest BCUT2D eigenvalue weighted by Gasteiger charge is -1.97. The average molecular weight is 168 g/mol. The van der Waals surface area contributed by atoms with Crippen LogP contribution in [-0.4, -0.2) is 6.04 Å². The largest absolute Gasteiger partial charge is 0.327 e. The molecular weight excluding hydrogens is 158 g/mol. The minimum Gasteiger partial charge on any atom is -0.327 e. The predicted molar refractivity (Wildman–Crippen MR) is 46.8 cm³/mol. The molecule has 58 valence electrons. The Balaban J connectivity index is 2.25. The normalized spacial score (nSPS) is 28.5. The van der Waals surface area contributed by atoms with Crippen LogP contribution in [0.4, 0.5) is 0 Å². The Bertz CT molecular complexity index is 272. The van der Waals surface area contributed by atoms with Crippen molar-refractivity contribution < 1.29 is 0 Å². The number of hydrogen-bond donors (Lipinski definition) is 1. The Labute approximate surface area is 71.2 Å². The molecule has 0 radical (unpaired) electrons. The predicted octanol–water partition coefficient (Wildman–Crippen LogP) is 2.15. The maximum absolute atomic E-state index is 5.82. The summed E-state index contributed by atoms with van der Waals surface area (Å²) in [6.45, 7) is 0. The van der Waals surface area contributed by atoms with Gasteiger partial charge in [-0.05, 0) is 24.1 Å². The highest BCUT2D eigenvalue weighted by Crippen LogP contribution is 2.39. The first-order chi connectivity index (χ1) is 5.27. The van der Waals surface area contributed by atoms with Gasteiger partial charge < -0.3 is 5.73 Å². The molecular formula is C9H10ClN. The number of nitrogens with two attached hydrogens (primary N) is 1. The first-order valence-electron chi connectivity index (χ1n) is 3.78. The summed E-state index contributed by atoms with van der Waals surface area (Å²) in [5, 5.41) is 0.807. The van der Waals surface area contributed by atoms with Crippen molar-refractivity contribution in [3.63, 3.8) is 0 Å². The van der Waals surface area contributed by atoms with E-state index < -0.39 is 0 Å². The van der Waals surface area contributed by atoms with E-state index in [0.29, 0.717) is 12.0 Å². The molecule has 1 aromatic carbocycles. The molecule has 1 saturated carbocycles. The van der Waals surface area contributed by atoms with Crippen molar-refractivity contribution in [2.45, 2.75) is 18.4 Å². The second kappa shape index (κ2) is 2.50. The van der Waals surface area contributed by atoms with Gasteiger partial charge in [0, 0.05) is 17.0 Å². The fourth-order valence-corrected chi connectivity index (χ4v) is 1.53. The van der Waals surface area contributed by atoms with Gasteiger partial charge in [-0.1, -0.05) is 23.7 Å². The van der Waals surface area contributed by atoms with Crippen molar-refractivity contribution in [1.29, 1.82) is 0 Å². The lowest BCUT2D eigenvalue weighted by atomic mass is 10.1. The van der Waals surface area contributed by atoms with Crippen LogP contribution in [0.1, 0.15) is 17.9 Å². The van der Waals surface area contributed by atoms with E-state index in [4.69, 9.17) is 17.3 Å². The van der Waals surface area contributed by atoms with Crippen LogP contribution in [0.3, 0.4) is 0 Å². The second-order valence-corrected chi connectivity index (χ2v) is 3.50. The molecule has 2 N–H and O–H groups in total. The Kier molecular flexibility index (Phi) is 1.63. The molecule has 0 bridgehead atoms. The van der Waals surface area contributed by atoms with Gasteiger partial charge in [0.15, 0.2) is 0 Å². The molecule has 1 aliphatic rings. The van der Waals surface area contributed by atoms with Gasteiger partial charge in [-0.3, -0.25) is 0 Å². The fourth-order valence-electron chi connectivity index (χ4n) is 1.34. The molecule has 1 fully saturated rings. The van der Waals surface area contributed by atoms with Crippen molar-refractivity contribution in [3.8, 4) is 0 Å². The number of rotatable bonds is 1. The smallest absolute Gasteiger partial charge is 0.0408 e. The van der Waals surface area contributed by atoms with E-state index in [1.807, 2.05) is 18.2 Å². The van der Waals surface area contributed by atoms with Gasteiger partial charge in [-0.2, -0.15) is 0 Å². The Hall–Kier alpha value is -0.530. The molecule has 2 heteroatoms. The topological polar surface area (TPSA) is 26.0 Å². The Morgan fingerprint density at radius 1 is 1.45 bits per heavy atom. The van der Waals surface area contributed by atoms with E-state index in [9.17, 15) is 0 Å². The molecule has 1 nitrogen and oxygen atoms in total. The molecule has 0 heterocycles. The van der Waals surface area contributed by atoms with Crippen molar-refractivity contribution in [2.24, 2.45) is 5.73 Å². The van der Waals surface area contributed by atoms with Crippen molar-refractivity contribution >= 4 is 11.6 Å². The van der Waals surface area contributed by atoms with Crippen LogP contribution < -0.4 is 5.73 Å². The first kappa shape index (κ1) is 7.14. The lowest BCUT2D eigenvalue weighted by Crippen LogP contribution is -2.00. The zero-order valence-corrected chi connectivity index (χ0v) is 6.88. The van der Waals surface area contributed by atoms with E-state index in [-0.39, 0.29) is 0 Å². The molecule has 0 spiro atoms.